The molecule has 0 saturated carbocycles. The van der Waals surface area contributed by atoms with Crippen molar-refractivity contribution in [3.8, 4) is 5.75 Å². The van der Waals surface area contributed by atoms with E-state index >= 15 is 0 Å². The number of ether oxygens (including phenoxy) is 1. The highest BCUT2D eigenvalue weighted by atomic mass is 16.6. The van der Waals surface area contributed by atoms with Crippen molar-refractivity contribution in [2.24, 2.45) is 0 Å². The summed E-state index contributed by atoms with van der Waals surface area (Å²) in [5, 5.41) is 18.8. The summed E-state index contributed by atoms with van der Waals surface area (Å²) in [6.45, 7) is 2.43. The van der Waals surface area contributed by atoms with E-state index in [4.69, 9.17) is 4.74 Å². The van der Waals surface area contributed by atoms with Crippen molar-refractivity contribution in [3.63, 3.8) is 0 Å². The van der Waals surface area contributed by atoms with Crippen LogP contribution in [0.25, 0.3) is 0 Å². The predicted molar refractivity (Wildman–Crippen MR) is 70.8 cm³/mol. The van der Waals surface area contributed by atoms with Gasteiger partial charge in [0, 0.05) is 5.69 Å². The van der Waals surface area contributed by atoms with Crippen LogP contribution in [0.2, 0.25) is 0 Å². The first-order chi connectivity index (χ1) is 9.60. The first kappa shape index (κ1) is 13.5. The summed E-state index contributed by atoms with van der Waals surface area (Å²) in [5.74, 6) is -0.166. The van der Waals surface area contributed by atoms with Crippen LogP contribution in [0.3, 0.4) is 0 Å². The molecule has 8 nitrogen and oxygen atoms in total. The molecule has 1 aromatic heterocycles. The molecule has 0 radical (unpaired) electrons. The normalized spacial score (nSPS) is 10.1. The SMILES string of the molecule is CCOc1ccc(NC(=O)c2cc([N+](=O)[O-])[nH]n2)cc1. The number of benzene rings is 1. The first-order valence-corrected chi connectivity index (χ1v) is 5.84. The number of amides is 1. The van der Waals surface area contributed by atoms with E-state index in [0.29, 0.717) is 18.0 Å². The molecule has 0 aliphatic carbocycles. The lowest BCUT2D eigenvalue weighted by Crippen LogP contribution is -2.12. The minimum atomic E-state index is -0.652. The number of aromatic nitrogens is 2. The monoisotopic (exact) mass is 276 g/mol. The molecule has 0 saturated heterocycles. The van der Waals surface area contributed by atoms with Crippen molar-refractivity contribution in [2.45, 2.75) is 6.92 Å². The number of aromatic amines is 1. The van der Waals surface area contributed by atoms with Crippen molar-refractivity contribution in [1.29, 1.82) is 0 Å². The molecule has 1 heterocycles. The van der Waals surface area contributed by atoms with Gasteiger partial charge in [-0.3, -0.25) is 4.79 Å². The maximum absolute atomic E-state index is 11.8. The van der Waals surface area contributed by atoms with Crippen molar-refractivity contribution in [3.05, 3.63) is 46.1 Å². The van der Waals surface area contributed by atoms with E-state index in [0.717, 1.165) is 6.07 Å². The summed E-state index contributed by atoms with van der Waals surface area (Å²) in [4.78, 5) is 21.6. The van der Waals surface area contributed by atoms with Gasteiger partial charge in [-0.2, -0.15) is 0 Å². The molecule has 0 unspecified atom stereocenters. The molecule has 0 aliphatic heterocycles. The number of anilines is 1. The Bertz CT molecular complexity index is 621. The van der Waals surface area contributed by atoms with Gasteiger partial charge >= 0.3 is 5.82 Å². The fourth-order valence-electron chi connectivity index (χ4n) is 1.52. The molecule has 0 atom stereocenters. The van der Waals surface area contributed by atoms with E-state index in [1.807, 2.05) is 6.92 Å². The van der Waals surface area contributed by atoms with Crippen LogP contribution in [-0.2, 0) is 0 Å². The molecule has 0 spiro atoms. The van der Waals surface area contributed by atoms with Crippen LogP contribution < -0.4 is 10.1 Å². The lowest BCUT2D eigenvalue weighted by Gasteiger charge is -2.05. The van der Waals surface area contributed by atoms with Gasteiger partial charge in [-0.05, 0) is 36.1 Å². The Morgan fingerprint density at radius 3 is 2.70 bits per heavy atom. The third-order valence-corrected chi connectivity index (χ3v) is 2.42. The third-order valence-electron chi connectivity index (χ3n) is 2.42. The number of nitrogens with zero attached hydrogens (tertiary/aromatic N) is 2. The molecule has 2 rings (SSSR count). The van der Waals surface area contributed by atoms with Gasteiger partial charge in [-0.15, -0.1) is 5.10 Å². The summed E-state index contributed by atoms with van der Waals surface area (Å²) in [6.07, 6.45) is 0. The molecule has 2 aromatic rings. The summed E-state index contributed by atoms with van der Waals surface area (Å²) >= 11 is 0. The Morgan fingerprint density at radius 2 is 2.15 bits per heavy atom. The maximum Gasteiger partial charge on any atom is 0.343 e. The van der Waals surface area contributed by atoms with Crippen molar-refractivity contribution < 1.29 is 14.5 Å². The molecular weight excluding hydrogens is 264 g/mol. The number of hydrogen-bond acceptors (Lipinski definition) is 5. The summed E-state index contributed by atoms with van der Waals surface area (Å²) in [7, 11) is 0. The zero-order valence-corrected chi connectivity index (χ0v) is 10.6. The van der Waals surface area contributed by atoms with Crippen LogP contribution >= 0.6 is 0 Å². The zero-order chi connectivity index (χ0) is 14.5. The van der Waals surface area contributed by atoms with Gasteiger partial charge in [0.2, 0.25) is 0 Å². The molecule has 104 valence electrons. The Labute approximate surface area is 113 Å². The lowest BCUT2D eigenvalue weighted by atomic mass is 10.3. The van der Waals surface area contributed by atoms with Gasteiger partial charge in [-0.25, -0.2) is 0 Å². The second-order valence-corrected chi connectivity index (χ2v) is 3.81. The molecule has 8 heteroatoms. The van der Waals surface area contributed by atoms with Crippen LogP contribution in [-0.4, -0.2) is 27.6 Å². The lowest BCUT2D eigenvalue weighted by molar-refractivity contribution is -0.389. The largest absolute Gasteiger partial charge is 0.494 e. The number of nitro groups is 1. The van der Waals surface area contributed by atoms with E-state index in [2.05, 4.69) is 15.5 Å². The molecule has 1 amide bonds. The molecule has 0 bridgehead atoms. The van der Waals surface area contributed by atoms with Crippen molar-refractivity contribution >= 4 is 17.4 Å². The fourth-order valence-corrected chi connectivity index (χ4v) is 1.52. The Hall–Kier alpha value is -2.90. The zero-order valence-electron chi connectivity index (χ0n) is 10.6. The molecule has 0 aliphatic rings. The van der Waals surface area contributed by atoms with Gasteiger partial charge in [0.1, 0.15) is 5.75 Å². The average Bonchev–Trinajstić information content (AvgIpc) is 2.91. The van der Waals surface area contributed by atoms with E-state index in [9.17, 15) is 14.9 Å². The summed E-state index contributed by atoms with van der Waals surface area (Å²) in [6, 6.07) is 7.84. The molecule has 20 heavy (non-hydrogen) atoms. The van der Waals surface area contributed by atoms with Gasteiger partial charge in [0.25, 0.3) is 5.91 Å². The quantitative estimate of drug-likeness (QED) is 0.640. The topological polar surface area (TPSA) is 110 Å². The minimum Gasteiger partial charge on any atom is -0.494 e. The van der Waals surface area contributed by atoms with Crippen LogP contribution in [0.4, 0.5) is 11.5 Å². The average molecular weight is 276 g/mol. The standard InChI is InChI=1S/C12H12N4O4/c1-2-20-9-5-3-8(4-6-9)13-12(17)10-7-11(15-14-10)16(18)19/h3-7H,2H2,1H3,(H,13,17)(H,14,15). The van der Waals surface area contributed by atoms with Crippen molar-refractivity contribution in [2.75, 3.05) is 11.9 Å². The molecular formula is C12H12N4O4. The highest BCUT2D eigenvalue weighted by Crippen LogP contribution is 2.16. The Morgan fingerprint density at radius 1 is 1.45 bits per heavy atom. The fraction of sp³-hybridized carbons (Fsp3) is 0.167. The van der Waals surface area contributed by atoms with E-state index in [1.165, 1.54) is 0 Å². The Kier molecular flexibility index (Phi) is 3.94. The van der Waals surface area contributed by atoms with Crippen LogP contribution in [0.1, 0.15) is 17.4 Å². The number of carbonyl (C=O) groups is 1. The maximum atomic E-state index is 11.8. The van der Waals surface area contributed by atoms with Gasteiger partial charge in [0.15, 0.2) is 5.69 Å². The van der Waals surface area contributed by atoms with Crippen LogP contribution in [0.15, 0.2) is 30.3 Å². The third kappa shape index (κ3) is 3.10. The number of nitrogens with one attached hydrogen (secondary N) is 2. The van der Waals surface area contributed by atoms with Gasteiger partial charge in [-0.1, -0.05) is 5.10 Å². The van der Waals surface area contributed by atoms with Gasteiger partial charge in [0.05, 0.1) is 12.7 Å². The van der Waals surface area contributed by atoms with Gasteiger partial charge < -0.3 is 20.2 Å². The van der Waals surface area contributed by atoms with E-state index < -0.39 is 10.8 Å². The van der Waals surface area contributed by atoms with Crippen LogP contribution in [0, 0.1) is 10.1 Å². The number of hydrogen-bond donors (Lipinski definition) is 2. The summed E-state index contributed by atoms with van der Waals surface area (Å²) in [5.41, 5.74) is 0.495. The number of H-pyrrole nitrogens is 1. The Balaban J connectivity index is 2.04. The highest BCUT2D eigenvalue weighted by Gasteiger charge is 2.16. The molecule has 2 N–H and O–H groups in total. The first-order valence-electron chi connectivity index (χ1n) is 5.84. The smallest absolute Gasteiger partial charge is 0.343 e. The van der Waals surface area contributed by atoms with E-state index in [1.54, 1.807) is 24.3 Å². The number of carbonyl (C=O) groups excluding carboxylic acids is 1. The number of rotatable bonds is 5. The minimum absolute atomic E-state index is 0.0504. The molecule has 1 aromatic carbocycles. The molecule has 0 fully saturated rings. The predicted octanol–water partition coefficient (Wildman–Crippen LogP) is 1.97. The van der Waals surface area contributed by atoms with Crippen molar-refractivity contribution in [1.82, 2.24) is 10.2 Å². The second kappa shape index (κ2) is 5.83. The second-order valence-electron chi connectivity index (χ2n) is 3.81. The summed E-state index contributed by atoms with van der Waals surface area (Å²) < 4.78 is 5.28. The highest BCUT2D eigenvalue weighted by molar-refractivity contribution is 6.03. The van der Waals surface area contributed by atoms with E-state index in [-0.39, 0.29) is 11.5 Å². The van der Waals surface area contributed by atoms with Crippen LogP contribution in [0.5, 0.6) is 5.75 Å².